The lowest BCUT2D eigenvalue weighted by Gasteiger charge is -2.23. The van der Waals surface area contributed by atoms with Gasteiger partial charge in [-0.1, -0.05) is 6.07 Å². The minimum atomic E-state index is -0.926. The number of benzene rings is 1. The SMILES string of the molecule is O=C(O)c1cccc2c1cnn2[C@H]1CCCCO1. The lowest BCUT2D eigenvalue weighted by atomic mass is 10.1. The smallest absolute Gasteiger partial charge is 0.336 e. The standard InChI is InChI=1S/C13H14N2O3/c16-13(17)9-4-3-5-11-10(9)8-14-15(11)12-6-1-2-7-18-12/h3-5,8,12H,1-2,6-7H2,(H,16,17)/t12-/m1/s1. The van der Waals surface area contributed by atoms with Crippen LogP contribution in [0, 0.1) is 0 Å². The number of hydrogen-bond donors (Lipinski definition) is 1. The Morgan fingerprint density at radius 3 is 3.06 bits per heavy atom. The molecule has 0 bridgehead atoms. The molecule has 0 amide bonds. The van der Waals surface area contributed by atoms with E-state index in [1.54, 1.807) is 23.0 Å². The van der Waals surface area contributed by atoms with Gasteiger partial charge in [0.05, 0.1) is 17.3 Å². The molecule has 0 saturated carbocycles. The summed E-state index contributed by atoms with van der Waals surface area (Å²) in [6, 6.07) is 5.22. The maximum absolute atomic E-state index is 11.1. The Morgan fingerprint density at radius 1 is 1.44 bits per heavy atom. The average Bonchev–Trinajstić information content (AvgIpc) is 2.83. The van der Waals surface area contributed by atoms with Crippen molar-refractivity contribution in [2.75, 3.05) is 6.61 Å². The molecule has 1 saturated heterocycles. The summed E-state index contributed by atoms with van der Waals surface area (Å²) in [5.74, 6) is -0.926. The summed E-state index contributed by atoms with van der Waals surface area (Å²) >= 11 is 0. The minimum absolute atomic E-state index is 0.0692. The molecule has 18 heavy (non-hydrogen) atoms. The van der Waals surface area contributed by atoms with Crippen LogP contribution < -0.4 is 0 Å². The molecule has 1 aliphatic rings. The number of carboxylic acids is 1. The molecule has 5 nitrogen and oxygen atoms in total. The van der Waals surface area contributed by atoms with Gasteiger partial charge in [-0.2, -0.15) is 5.10 Å². The van der Waals surface area contributed by atoms with E-state index in [1.807, 2.05) is 6.07 Å². The molecular weight excluding hydrogens is 232 g/mol. The molecule has 0 radical (unpaired) electrons. The normalized spacial score (nSPS) is 20.1. The number of carboxylic acid groups (broad SMARTS) is 1. The van der Waals surface area contributed by atoms with Crippen molar-refractivity contribution in [2.24, 2.45) is 0 Å². The lowest BCUT2D eigenvalue weighted by molar-refractivity contribution is -0.0366. The summed E-state index contributed by atoms with van der Waals surface area (Å²) in [7, 11) is 0. The van der Waals surface area contributed by atoms with Crippen molar-refractivity contribution in [1.29, 1.82) is 0 Å². The summed E-state index contributed by atoms with van der Waals surface area (Å²) in [5.41, 5.74) is 1.11. The van der Waals surface area contributed by atoms with Gasteiger partial charge in [-0.25, -0.2) is 9.48 Å². The fraction of sp³-hybridized carbons (Fsp3) is 0.385. The van der Waals surface area contributed by atoms with Crippen molar-refractivity contribution in [3.63, 3.8) is 0 Å². The fourth-order valence-electron chi connectivity index (χ4n) is 2.40. The number of aromatic carboxylic acids is 1. The number of ether oxygens (including phenoxy) is 1. The predicted molar refractivity (Wildman–Crippen MR) is 65.5 cm³/mol. The van der Waals surface area contributed by atoms with E-state index in [0.29, 0.717) is 5.39 Å². The molecule has 2 heterocycles. The molecule has 94 valence electrons. The zero-order valence-corrected chi connectivity index (χ0v) is 9.87. The summed E-state index contributed by atoms with van der Waals surface area (Å²) in [6.45, 7) is 0.741. The van der Waals surface area contributed by atoms with Gasteiger partial charge in [0.1, 0.15) is 0 Å². The van der Waals surface area contributed by atoms with E-state index in [1.165, 1.54) is 0 Å². The Kier molecular flexibility index (Phi) is 2.76. The second kappa shape index (κ2) is 4.42. The highest BCUT2D eigenvalue weighted by Crippen LogP contribution is 2.27. The Bertz CT molecular complexity index is 585. The van der Waals surface area contributed by atoms with E-state index in [4.69, 9.17) is 9.84 Å². The molecule has 0 spiro atoms. The van der Waals surface area contributed by atoms with E-state index in [9.17, 15) is 4.79 Å². The molecule has 1 aliphatic heterocycles. The third-order valence-electron chi connectivity index (χ3n) is 3.30. The first-order chi connectivity index (χ1) is 8.77. The Morgan fingerprint density at radius 2 is 2.33 bits per heavy atom. The molecule has 1 aromatic carbocycles. The van der Waals surface area contributed by atoms with E-state index in [2.05, 4.69) is 5.10 Å². The Hall–Kier alpha value is -1.88. The largest absolute Gasteiger partial charge is 0.478 e. The van der Waals surface area contributed by atoms with Crippen LogP contribution in [0.1, 0.15) is 35.8 Å². The van der Waals surface area contributed by atoms with Crippen LogP contribution in [-0.2, 0) is 4.74 Å². The van der Waals surface area contributed by atoms with E-state index >= 15 is 0 Å². The van der Waals surface area contributed by atoms with Gasteiger partial charge in [0.15, 0.2) is 6.23 Å². The highest BCUT2D eigenvalue weighted by molar-refractivity contribution is 6.02. The van der Waals surface area contributed by atoms with Crippen molar-refractivity contribution < 1.29 is 14.6 Å². The number of rotatable bonds is 2. The summed E-state index contributed by atoms with van der Waals surface area (Å²) < 4.78 is 7.48. The van der Waals surface area contributed by atoms with Gasteiger partial charge < -0.3 is 9.84 Å². The van der Waals surface area contributed by atoms with Gasteiger partial charge >= 0.3 is 5.97 Å². The molecular formula is C13H14N2O3. The molecule has 5 heteroatoms. The average molecular weight is 246 g/mol. The lowest BCUT2D eigenvalue weighted by Crippen LogP contribution is -2.18. The van der Waals surface area contributed by atoms with Gasteiger partial charge in [0.2, 0.25) is 0 Å². The zero-order valence-electron chi connectivity index (χ0n) is 9.87. The second-order valence-corrected chi connectivity index (χ2v) is 4.45. The topological polar surface area (TPSA) is 64.3 Å². The van der Waals surface area contributed by atoms with Gasteiger partial charge in [-0.15, -0.1) is 0 Å². The van der Waals surface area contributed by atoms with Crippen molar-refractivity contribution in [1.82, 2.24) is 9.78 Å². The third kappa shape index (κ3) is 1.76. The highest BCUT2D eigenvalue weighted by atomic mass is 16.5. The third-order valence-corrected chi connectivity index (χ3v) is 3.30. The van der Waals surface area contributed by atoms with Crippen molar-refractivity contribution in [3.05, 3.63) is 30.0 Å². The van der Waals surface area contributed by atoms with Crippen molar-refractivity contribution >= 4 is 16.9 Å². The zero-order chi connectivity index (χ0) is 12.5. The summed E-state index contributed by atoms with van der Waals surface area (Å²) in [4.78, 5) is 11.1. The molecule has 1 aromatic heterocycles. The molecule has 1 atom stereocenters. The Labute approximate surface area is 104 Å². The van der Waals surface area contributed by atoms with Crippen molar-refractivity contribution in [3.8, 4) is 0 Å². The van der Waals surface area contributed by atoms with Crippen LogP contribution in [0.5, 0.6) is 0 Å². The fourth-order valence-corrected chi connectivity index (χ4v) is 2.40. The number of nitrogens with zero attached hydrogens (tertiary/aromatic N) is 2. The van der Waals surface area contributed by atoms with Crippen LogP contribution >= 0.6 is 0 Å². The van der Waals surface area contributed by atoms with Crippen molar-refractivity contribution in [2.45, 2.75) is 25.5 Å². The highest BCUT2D eigenvalue weighted by Gasteiger charge is 2.20. The second-order valence-electron chi connectivity index (χ2n) is 4.45. The summed E-state index contributed by atoms with van der Waals surface area (Å²) in [5, 5.41) is 14.1. The monoisotopic (exact) mass is 246 g/mol. The first kappa shape index (κ1) is 11.2. The van der Waals surface area contributed by atoms with E-state index in [-0.39, 0.29) is 11.8 Å². The molecule has 0 unspecified atom stereocenters. The van der Waals surface area contributed by atoms with E-state index in [0.717, 1.165) is 31.4 Å². The first-order valence-electron chi connectivity index (χ1n) is 6.08. The first-order valence-corrected chi connectivity index (χ1v) is 6.08. The van der Waals surface area contributed by atoms with Crippen LogP contribution in [0.15, 0.2) is 24.4 Å². The molecule has 2 aromatic rings. The molecule has 0 aliphatic carbocycles. The maximum Gasteiger partial charge on any atom is 0.336 e. The molecule has 3 rings (SSSR count). The van der Waals surface area contributed by atoms with Crippen LogP contribution in [0.3, 0.4) is 0 Å². The predicted octanol–water partition coefficient (Wildman–Crippen LogP) is 2.43. The number of hydrogen-bond acceptors (Lipinski definition) is 3. The number of carbonyl (C=O) groups is 1. The van der Waals surface area contributed by atoms with Crippen LogP contribution in [0.25, 0.3) is 10.9 Å². The quantitative estimate of drug-likeness (QED) is 0.883. The van der Waals surface area contributed by atoms with Crippen LogP contribution in [0.2, 0.25) is 0 Å². The van der Waals surface area contributed by atoms with Crippen LogP contribution in [-0.4, -0.2) is 27.5 Å². The van der Waals surface area contributed by atoms with E-state index < -0.39 is 5.97 Å². The minimum Gasteiger partial charge on any atom is -0.478 e. The van der Waals surface area contributed by atoms with Crippen LogP contribution in [0.4, 0.5) is 0 Å². The molecule has 1 N–H and O–H groups in total. The summed E-state index contributed by atoms with van der Waals surface area (Å²) in [6.07, 6.45) is 4.66. The number of fused-ring (bicyclic) bond motifs is 1. The maximum atomic E-state index is 11.1. The number of aromatic nitrogens is 2. The Balaban J connectivity index is 2.08. The van der Waals surface area contributed by atoms with Gasteiger partial charge in [-0.3, -0.25) is 0 Å². The van der Waals surface area contributed by atoms with Gasteiger partial charge in [0, 0.05) is 12.0 Å². The van der Waals surface area contributed by atoms with Gasteiger partial charge in [0.25, 0.3) is 0 Å². The van der Waals surface area contributed by atoms with Gasteiger partial charge in [-0.05, 0) is 31.4 Å². The molecule has 1 fully saturated rings.